The Kier molecular flexibility index (Phi) is 7.08. The Bertz CT molecular complexity index is 104. The molecule has 0 radical (unpaired) electrons. The van der Waals surface area contributed by atoms with Crippen LogP contribution in [0.3, 0.4) is 0 Å². The minimum atomic E-state index is 0.313. The summed E-state index contributed by atoms with van der Waals surface area (Å²) < 4.78 is 0. The zero-order valence-corrected chi connectivity index (χ0v) is 10.2. The molecule has 1 nitrogen and oxygen atoms in total. The number of hydrogen-bond acceptors (Lipinski definition) is 1. The number of nitrogens with zero attached hydrogens (tertiary/aromatic N) is 1. The number of hydrogen-bond donors (Lipinski definition) is 0. The fourth-order valence-corrected chi connectivity index (χ4v) is 2.87. The molecule has 12 heavy (non-hydrogen) atoms. The number of piperidine rings is 1. The van der Waals surface area contributed by atoms with Gasteiger partial charge in [0.25, 0.3) is 0 Å². The van der Waals surface area contributed by atoms with Crippen molar-refractivity contribution in [1.29, 1.82) is 0 Å². The molecule has 1 rings (SSSR count). The average molecular weight is 189 g/mol. The van der Waals surface area contributed by atoms with Gasteiger partial charge in [-0.25, -0.2) is 0 Å². The second kappa shape index (κ2) is 6.86. The molecule has 0 aromatic rings. The van der Waals surface area contributed by atoms with E-state index in [9.17, 15) is 0 Å². The van der Waals surface area contributed by atoms with Gasteiger partial charge in [0.2, 0.25) is 0 Å². The Morgan fingerprint density at radius 3 is 2.17 bits per heavy atom. The first-order valence-corrected chi connectivity index (χ1v) is 7.35. The van der Waals surface area contributed by atoms with Gasteiger partial charge in [0.1, 0.15) is 0 Å². The molecular weight excluding hydrogens is 165 g/mol. The van der Waals surface area contributed by atoms with Gasteiger partial charge in [-0.2, -0.15) is 0 Å². The molecule has 1 unspecified atom stereocenters. The maximum absolute atomic E-state index is 2.47. The van der Waals surface area contributed by atoms with Crippen molar-refractivity contribution in [3.63, 3.8) is 0 Å². The van der Waals surface area contributed by atoms with Gasteiger partial charge >= 0.3 is 0 Å². The van der Waals surface area contributed by atoms with Gasteiger partial charge in [-0.1, -0.05) is 13.8 Å². The summed E-state index contributed by atoms with van der Waals surface area (Å²) in [6, 6.07) is 0. The number of rotatable bonds is 1. The minimum Gasteiger partial charge on any atom is -0.306 e. The highest BCUT2D eigenvalue weighted by Crippen LogP contribution is 2.37. The first-order chi connectivity index (χ1) is 5.70. The minimum absolute atomic E-state index is 0.313. The van der Waals surface area contributed by atoms with Gasteiger partial charge in [-0.3, -0.25) is 0 Å². The molecule has 0 saturated carbocycles. The number of likely N-dealkylation sites (tertiary alicyclic amines) is 1. The van der Waals surface area contributed by atoms with E-state index in [1.54, 1.807) is 0 Å². The van der Waals surface area contributed by atoms with E-state index in [4.69, 9.17) is 0 Å². The predicted molar refractivity (Wildman–Crippen MR) is 60.6 cm³/mol. The summed E-state index contributed by atoms with van der Waals surface area (Å²) in [4.78, 5) is 2.47. The molecule has 1 atom stereocenters. The van der Waals surface area contributed by atoms with Gasteiger partial charge in [0, 0.05) is 6.54 Å². The summed E-state index contributed by atoms with van der Waals surface area (Å²) in [7, 11) is 2.55. The summed E-state index contributed by atoms with van der Waals surface area (Å²) in [6.45, 7) is 11.5. The van der Waals surface area contributed by atoms with Crippen LogP contribution < -0.4 is 0 Å². The third kappa shape index (κ3) is 4.42. The lowest BCUT2D eigenvalue weighted by Gasteiger charge is -2.32. The SMILES string of the molecule is CC.CN1CCCC(P(C)C)C1. The Morgan fingerprint density at radius 2 is 1.83 bits per heavy atom. The molecule has 1 heterocycles. The van der Waals surface area contributed by atoms with Gasteiger partial charge in [0.05, 0.1) is 0 Å². The Hall–Kier alpha value is 0.390. The fourth-order valence-electron chi connectivity index (χ4n) is 1.56. The molecule has 0 aliphatic carbocycles. The molecule has 1 fully saturated rings. The Morgan fingerprint density at radius 1 is 1.25 bits per heavy atom. The third-order valence-corrected chi connectivity index (χ3v) is 4.21. The van der Waals surface area contributed by atoms with Crippen molar-refractivity contribution in [2.75, 3.05) is 33.5 Å². The molecule has 0 spiro atoms. The van der Waals surface area contributed by atoms with E-state index in [1.807, 2.05) is 13.8 Å². The van der Waals surface area contributed by atoms with E-state index in [0.29, 0.717) is 7.92 Å². The molecule has 74 valence electrons. The monoisotopic (exact) mass is 189 g/mol. The van der Waals surface area contributed by atoms with Crippen molar-refractivity contribution in [1.82, 2.24) is 4.90 Å². The van der Waals surface area contributed by atoms with Crippen LogP contribution in [0.15, 0.2) is 0 Å². The summed E-state index contributed by atoms with van der Waals surface area (Å²) >= 11 is 0. The standard InChI is InChI=1S/C8H18NP.C2H6/c1-9-6-4-5-8(7-9)10(2)3;1-2/h8H,4-7H2,1-3H3;1-2H3. The van der Waals surface area contributed by atoms with Gasteiger partial charge < -0.3 is 4.90 Å². The van der Waals surface area contributed by atoms with Crippen LogP contribution in [0.4, 0.5) is 0 Å². The molecule has 2 heteroatoms. The maximum atomic E-state index is 2.47. The van der Waals surface area contributed by atoms with E-state index in [2.05, 4.69) is 25.3 Å². The maximum Gasteiger partial charge on any atom is 0.00459 e. The van der Waals surface area contributed by atoms with E-state index in [1.165, 1.54) is 25.9 Å². The molecular formula is C10H24NP. The average Bonchev–Trinajstić information content (AvgIpc) is 2.08. The normalized spacial score (nSPS) is 25.0. The van der Waals surface area contributed by atoms with Crippen LogP contribution in [-0.2, 0) is 0 Å². The largest absolute Gasteiger partial charge is 0.306 e. The second-order valence-corrected chi connectivity index (χ2v) is 6.18. The first-order valence-electron chi connectivity index (χ1n) is 5.05. The van der Waals surface area contributed by atoms with Crippen LogP contribution in [0, 0.1) is 0 Å². The van der Waals surface area contributed by atoms with E-state index >= 15 is 0 Å². The van der Waals surface area contributed by atoms with Crippen LogP contribution >= 0.6 is 7.92 Å². The lowest BCUT2D eigenvalue weighted by molar-refractivity contribution is 0.281. The molecule has 1 saturated heterocycles. The van der Waals surface area contributed by atoms with Crippen molar-refractivity contribution in [2.24, 2.45) is 0 Å². The molecule has 0 aromatic heterocycles. The van der Waals surface area contributed by atoms with Gasteiger partial charge in [-0.05, 0) is 45.4 Å². The quantitative estimate of drug-likeness (QED) is 0.573. The van der Waals surface area contributed by atoms with Crippen LogP contribution in [0.5, 0.6) is 0 Å². The van der Waals surface area contributed by atoms with Gasteiger partial charge in [0.15, 0.2) is 0 Å². The van der Waals surface area contributed by atoms with E-state index < -0.39 is 0 Å². The van der Waals surface area contributed by atoms with Crippen molar-refractivity contribution in [3.05, 3.63) is 0 Å². The molecule has 0 N–H and O–H groups in total. The van der Waals surface area contributed by atoms with Crippen molar-refractivity contribution in [3.8, 4) is 0 Å². The predicted octanol–water partition coefficient (Wildman–Crippen LogP) is 2.85. The zero-order valence-electron chi connectivity index (χ0n) is 9.30. The summed E-state index contributed by atoms with van der Waals surface area (Å²) in [5.41, 5.74) is 1.02. The lowest BCUT2D eigenvalue weighted by Crippen LogP contribution is -2.34. The Balaban J connectivity index is 0.000000561. The van der Waals surface area contributed by atoms with E-state index in [-0.39, 0.29) is 0 Å². The highest BCUT2D eigenvalue weighted by molar-refractivity contribution is 7.56. The van der Waals surface area contributed by atoms with Crippen LogP contribution in [0.2, 0.25) is 0 Å². The molecule has 1 aliphatic rings. The topological polar surface area (TPSA) is 3.24 Å². The highest BCUT2D eigenvalue weighted by atomic mass is 31.1. The molecule has 0 amide bonds. The Labute approximate surface area is 79.3 Å². The van der Waals surface area contributed by atoms with Crippen molar-refractivity contribution < 1.29 is 0 Å². The summed E-state index contributed by atoms with van der Waals surface area (Å²) in [5, 5.41) is 0. The highest BCUT2D eigenvalue weighted by Gasteiger charge is 2.18. The van der Waals surface area contributed by atoms with Crippen LogP contribution in [-0.4, -0.2) is 44.0 Å². The lowest BCUT2D eigenvalue weighted by atomic mass is 10.1. The third-order valence-electron chi connectivity index (χ3n) is 2.33. The summed E-state index contributed by atoms with van der Waals surface area (Å²) in [5.74, 6) is 0. The zero-order chi connectivity index (χ0) is 9.56. The van der Waals surface area contributed by atoms with Crippen molar-refractivity contribution in [2.45, 2.75) is 32.3 Å². The smallest absolute Gasteiger partial charge is 0.00459 e. The van der Waals surface area contributed by atoms with Crippen LogP contribution in [0.1, 0.15) is 26.7 Å². The van der Waals surface area contributed by atoms with Crippen molar-refractivity contribution >= 4 is 7.92 Å². The van der Waals surface area contributed by atoms with Gasteiger partial charge in [-0.15, -0.1) is 7.92 Å². The molecule has 1 aliphatic heterocycles. The molecule has 0 aromatic carbocycles. The van der Waals surface area contributed by atoms with Crippen LogP contribution in [0.25, 0.3) is 0 Å². The summed E-state index contributed by atoms with van der Waals surface area (Å²) in [6.07, 6.45) is 2.89. The fraction of sp³-hybridized carbons (Fsp3) is 1.00. The first kappa shape index (κ1) is 12.4. The molecule has 0 bridgehead atoms. The van der Waals surface area contributed by atoms with E-state index in [0.717, 1.165) is 5.66 Å². The second-order valence-electron chi connectivity index (χ2n) is 3.52.